The number of aryl methyl sites for hydroxylation is 1. The van der Waals surface area contributed by atoms with Gasteiger partial charge in [0.2, 0.25) is 11.8 Å². The molecule has 1 aromatic carbocycles. The second-order valence-corrected chi connectivity index (χ2v) is 7.58. The lowest BCUT2D eigenvalue weighted by Crippen LogP contribution is -2.55. The van der Waals surface area contributed by atoms with Gasteiger partial charge in [-0.3, -0.25) is 19.3 Å². The maximum atomic E-state index is 12.6. The number of carbonyl (C=O) groups excluding carboxylic acids is 2. The van der Waals surface area contributed by atoms with Crippen LogP contribution in [-0.2, 0) is 23.2 Å². The lowest BCUT2D eigenvalue weighted by Gasteiger charge is -2.35. The summed E-state index contributed by atoms with van der Waals surface area (Å²) in [6.45, 7) is 5.81. The molecule has 0 bridgehead atoms. The summed E-state index contributed by atoms with van der Waals surface area (Å²) in [5.74, 6) is 0.640. The molecule has 10 heteroatoms. The number of piperazine rings is 1. The average molecular weight is 539 g/mol. The lowest BCUT2D eigenvalue weighted by atomic mass is 10.1. The van der Waals surface area contributed by atoms with Crippen molar-refractivity contribution in [1.29, 1.82) is 0 Å². The van der Waals surface area contributed by atoms with Crippen molar-refractivity contribution >= 4 is 53.1 Å². The van der Waals surface area contributed by atoms with Crippen LogP contribution in [0.2, 0.25) is 0 Å². The van der Waals surface area contributed by atoms with Crippen LogP contribution in [-0.4, -0.2) is 59.1 Å². The first kappa shape index (κ1) is 24.6. The van der Waals surface area contributed by atoms with Crippen LogP contribution in [0.1, 0.15) is 19.4 Å². The van der Waals surface area contributed by atoms with E-state index in [-0.39, 0.29) is 48.3 Å². The molecule has 31 heavy (non-hydrogen) atoms. The summed E-state index contributed by atoms with van der Waals surface area (Å²) in [6, 6.07) is 7.69. The van der Waals surface area contributed by atoms with Crippen molar-refractivity contribution in [3.63, 3.8) is 0 Å². The van der Waals surface area contributed by atoms with E-state index in [0.29, 0.717) is 25.6 Å². The van der Waals surface area contributed by atoms with E-state index in [2.05, 4.69) is 20.7 Å². The van der Waals surface area contributed by atoms with Gasteiger partial charge in [-0.15, -0.1) is 24.0 Å². The van der Waals surface area contributed by atoms with Crippen LogP contribution in [0.25, 0.3) is 0 Å². The number of rotatable bonds is 5. The Labute approximate surface area is 199 Å². The number of amides is 2. The van der Waals surface area contributed by atoms with Crippen LogP contribution in [0, 0.1) is 5.92 Å². The molecular weight excluding hydrogens is 509 g/mol. The van der Waals surface area contributed by atoms with Gasteiger partial charge in [-0.05, 0) is 17.7 Å². The van der Waals surface area contributed by atoms with Crippen LogP contribution in [0.4, 0.5) is 11.4 Å². The maximum Gasteiger partial charge on any atom is 0.246 e. The molecular formula is C21H30IN7O2. The summed E-state index contributed by atoms with van der Waals surface area (Å²) in [4.78, 5) is 32.4. The number of aliphatic imine (C=N–C) groups is 1. The monoisotopic (exact) mass is 539 g/mol. The van der Waals surface area contributed by atoms with Gasteiger partial charge in [0.25, 0.3) is 0 Å². The Kier molecular flexibility index (Phi) is 8.84. The zero-order chi connectivity index (χ0) is 21.7. The predicted molar refractivity (Wildman–Crippen MR) is 133 cm³/mol. The molecule has 2 heterocycles. The Morgan fingerprint density at radius 2 is 1.94 bits per heavy atom. The number of halogens is 1. The summed E-state index contributed by atoms with van der Waals surface area (Å²) < 4.78 is 1.69. The number of anilines is 2. The molecule has 2 amide bonds. The van der Waals surface area contributed by atoms with E-state index in [1.54, 1.807) is 22.8 Å². The van der Waals surface area contributed by atoms with Gasteiger partial charge in [0, 0.05) is 51.5 Å². The highest BCUT2D eigenvalue weighted by molar-refractivity contribution is 14.0. The molecule has 0 aliphatic carbocycles. The minimum atomic E-state index is -0.0593. The highest BCUT2D eigenvalue weighted by Gasteiger charge is 2.27. The molecule has 1 aliphatic rings. The quantitative estimate of drug-likeness (QED) is 0.345. The van der Waals surface area contributed by atoms with Crippen LogP contribution in [0.5, 0.6) is 0 Å². The lowest BCUT2D eigenvalue weighted by molar-refractivity contribution is -0.120. The topological polar surface area (TPSA) is 94.9 Å². The number of benzene rings is 1. The Morgan fingerprint density at radius 1 is 1.23 bits per heavy atom. The minimum absolute atomic E-state index is 0. The van der Waals surface area contributed by atoms with Crippen molar-refractivity contribution in [2.45, 2.75) is 20.4 Å². The van der Waals surface area contributed by atoms with Gasteiger partial charge in [0.15, 0.2) is 5.96 Å². The molecule has 1 aliphatic heterocycles. The van der Waals surface area contributed by atoms with E-state index in [0.717, 1.165) is 16.9 Å². The molecule has 2 aromatic rings. The molecule has 3 rings (SSSR count). The van der Waals surface area contributed by atoms with E-state index < -0.39 is 0 Å². The summed E-state index contributed by atoms with van der Waals surface area (Å²) in [5.41, 5.74) is 2.65. The van der Waals surface area contributed by atoms with Gasteiger partial charge in [0.05, 0.1) is 11.9 Å². The average Bonchev–Trinajstić information content (AvgIpc) is 3.15. The van der Waals surface area contributed by atoms with E-state index >= 15 is 0 Å². The van der Waals surface area contributed by atoms with Gasteiger partial charge < -0.3 is 20.4 Å². The molecule has 0 radical (unpaired) electrons. The Hall–Kier alpha value is -2.63. The van der Waals surface area contributed by atoms with E-state index in [1.807, 2.05) is 56.3 Å². The van der Waals surface area contributed by atoms with Gasteiger partial charge >= 0.3 is 0 Å². The van der Waals surface area contributed by atoms with Crippen LogP contribution >= 0.6 is 24.0 Å². The number of guanidine groups is 1. The van der Waals surface area contributed by atoms with Crippen molar-refractivity contribution < 1.29 is 9.59 Å². The molecule has 1 fully saturated rings. The van der Waals surface area contributed by atoms with Gasteiger partial charge in [-0.25, -0.2) is 0 Å². The molecule has 1 aromatic heterocycles. The first-order valence-corrected chi connectivity index (χ1v) is 10.0. The third-order valence-corrected chi connectivity index (χ3v) is 4.93. The number of hydrogen-bond acceptors (Lipinski definition) is 4. The van der Waals surface area contributed by atoms with Gasteiger partial charge in [-0.2, -0.15) is 5.10 Å². The third kappa shape index (κ3) is 6.42. The predicted octanol–water partition coefficient (Wildman–Crippen LogP) is 2.06. The maximum absolute atomic E-state index is 12.6. The van der Waals surface area contributed by atoms with Gasteiger partial charge in [-0.1, -0.05) is 26.0 Å². The summed E-state index contributed by atoms with van der Waals surface area (Å²) in [7, 11) is 3.55. The fourth-order valence-corrected chi connectivity index (χ4v) is 3.18. The smallest absolute Gasteiger partial charge is 0.246 e. The standard InChI is InChI=1S/C21H29N7O2.HI/c1-15(2)20(30)25-17-7-5-16(6-8-17)11-23-21(22-3)27-9-10-28(19(29)14-27)18-12-24-26(4)13-18;/h5-8,12-13,15H,9-11,14H2,1-4H3,(H,22,23)(H,25,30);1H. The normalized spacial score (nSPS) is 14.5. The largest absolute Gasteiger partial charge is 0.352 e. The summed E-state index contributed by atoms with van der Waals surface area (Å²) in [5, 5.41) is 10.3. The Balaban J connectivity index is 0.00000341. The fraction of sp³-hybridized carbons (Fsp3) is 0.429. The minimum Gasteiger partial charge on any atom is -0.352 e. The van der Waals surface area contributed by atoms with Crippen molar-refractivity contribution in [3.05, 3.63) is 42.2 Å². The molecule has 2 N–H and O–H groups in total. The highest BCUT2D eigenvalue weighted by Crippen LogP contribution is 2.16. The molecule has 0 atom stereocenters. The molecule has 0 unspecified atom stereocenters. The second kappa shape index (κ2) is 11.1. The number of aromatic nitrogens is 2. The third-order valence-electron chi connectivity index (χ3n) is 4.93. The summed E-state index contributed by atoms with van der Waals surface area (Å²) in [6.07, 6.45) is 3.54. The van der Waals surface area contributed by atoms with Crippen LogP contribution in [0.3, 0.4) is 0 Å². The number of nitrogens with one attached hydrogen (secondary N) is 2. The Morgan fingerprint density at radius 3 is 2.48 bits per heavy atom. The first-order chi connectivity index (χ1) is 14.4. The molecule has 1 saturated heterocycles. The zero-order valence-corrected chi connectivity index (χ0v) is 20.7. The molecule has 0 saturated carbocycles. The first-order valence-electron chi connectivity index (χ1n) is 10.0. The Bertz CT molecular complexity index is 924. The SMILES string of the molecule is CN=C(NCc1ccc(NC(=O)C(C)C)cc1)N1CCN(c2cnn(C)c2)C(=O)C1.I. The van der Waals surface area contributed by atoms with Crippen molar-refractivity contribution in [2.24, 2.45) is 18.0 Å². The zero-order valence-electron chi connectivity index (χ0n) is 18.3. The van der Waals surface area contributed by atoms with E-state index in [9.17, 15) is 9.59 Å². The van der Waals surface area contributed by atoms with Crippen molar-refractivity contribution in [3.8, 4) is 0 Å². The molecule has 9 nitrogen and oxygen atoms in total. The molecule has 0 spiro atoms. The highest BCUT2D eigenvalue weighted by atomic mass is 127. The van der Waals surface area contributed by atoms with Crippen LogP contribution < -0.4 is 15.5 Å². The van der Waals surface area contributed by atoms with E-state index in [4.69, 9.17) is 0 Å². The molecule has 168 valence electrons. The fourth-order valence-electron chi connectivity index (χ4n) is 3.18. The van der Waals surface area contributed by atoms with Gasteiger partial charge in [0.1, 0.15) is 6.54 Å². The number of carbonyl (C=O) groups is 2. The van der Waals surface area contributed by atoms with E-state index in [1.165, 1.54) is 0 Å². The summed E-state index contributed by atoms with van der Waals surface area (Å²) >= 11 is 0. The van der Waals surface area contributed by atoms with Crippen LogP contribution in [0.15, 0.2) is 41.7 Å². The number of nitrogens with zero attached hydrogens (tertiary/aromatic N) is 5. The van der Waals surface area contributed by atoms with Crippen molar-refractivity contribution in [2.75, 3.05) is 36.9 Å². The van der Waals surface area contributed by atoms with Crippen molar-refractivity contribution in [1.82, 2.24) is 20.0 Å². The second-order valence-electron chi connectivity index (χ2n) is 7.58. The number of hydrogen-bond donors (Lipinski definition) is 2.